The Morgan fingerprint density at radius 2 is 1.38 bits per heavy atom. The predicted octanol–water partition coefficient (Wildman–Crippen LogP) is 6.11. The Bertz CT molecular complexity index is 1360. The van der Waals surface area contributed by atoms with Crippen LogP contribution >= 0.6 is 11.8 Å². The zero-order valence-corrected chi connectivity index (χ0v) is 20.9. The molecule has 0 fully saturated rings. The summed E-state index contributed by atoms with van der Waals surface area (Å²) in [6, 6.07) is 32.2. The monoisotopic (exact) mass is 510 g/mol. The van der Waals surface area contributed by atoms with E-state index in [2.05, 4.69) is 10.6 Å². The van der Waals surface area contributed by atoms with Crippen LogP contribution in [0, 0.1) is 0 Å². The number of fused-ring (bicyclic) bond motifs is 1. The van der Waals surface area contributed by atoms with Crippen molar-refractivity contribution in [3.8, 4) is 11.5 Å². The Kier molecular flexibility index (Phi) is 7.72. The van der Waals surface area contributed by atoms with Gasteiger partial charge in [-0.3, -0.25) is 9.59 Å². The molecule has 1 aliphatic heterocycles. The van der Waals surface area contributed by atoms with Crippen LogP contribution in [0.25, 0.3) is 0 Å². The quantitative estimate of drug-likeness (QED) is 0.280. The minimum atomic E-state index is -0.479. The average Bonchev–Trinajstić information content (AvgIpc) is 2.93. The molecule has 0 saturated carbocycles. The highest BCUT2D eigenvalue weighted by atomic mass is 32.2. The van der Waals surface area contributed by atoms with Crippen LogP contribution in [0.5, 0.6) is 11.5 Å². The van der Waals surface area contributed by atoms with Gasteiger partial charge in [0.15, 0.2) is 11.5 Å². The van der Waals surface area contributed by atoms with Crippen molar-refractivity contribution in [1.82, 2.24) is 0 Å². The first kappa shape index (κ1) is 24.5. The van der Waals surface area contributed by atoms with E-state index in [4.69, 9.17) is 9.47 Å². The summed E-state index contributed by atoms with van der Waals surface area (Å²) in [5.41, 5.74) is 3.21. The minimum absolute atomic E-state index is 0.0763. The number of thioether (sulfide) groups is 1. The molecule has 5 rings (SSSR count). The molecule has 0 spiro atoms. The van der Waals surface area contributed by atoms with Crippen LogP contribution in [0.1, 0.15) is 16.4 Å². The number of nitrogens with one attached hydrogen (secondary N) is 2. The van der Waals surface area contributed by atoms with Gasteiger partial charge in [-0.25, -0.2) is 0 Å². The second-order valence-corrected chi connectivity index (χ2v) is 9.67. The van der Waals surface area contributed by atoms with Crippen LogP contribution in [-0.4, -0.2) is 25.0 Å². The van der Waals surface area contributed by atoms with E-state index >= 15 is 0 Å². The maximum absolute atomic E-state index is 13.4. The number of hydrogen-bond acceptors (Lipinski definition) is 5. The van der Waals surface area contributed by atoms with Crippen molar-refractivity contribution < 1.29 is 19.1 Å². The normalized spacial score (nSPS) is 12.9. The van der Waals surface area contributed by atoms with Crippen LogP contribution in [0.3, 0.4) is 0 Å². The summed E-state index contributed by atoms with van der Waals surface area (Å²) >= 11 is 1.45. The third kappa shape index (κ3) is 6.51. The molecule has 0 aliphatic carbocycles. The number of carbonyl (C=O) groups is 2. The molecule has 1 heterocycles. The molecule has 37 heavy (non-hydrogen) atoms. The minimum Gasteiger partial charge on any atom is -0.486 e. The Labute approximate surface area is 220 Å². The molecule has 0 bridgehead atoms. The first-order chi connectivity index (χ1) is 18.1. The predicted molar refractivity (Wildman–Crippen MR) is 146 cm³/mol. The fraction of sp³-hybridized carbons (Fsp3) is 0.133. The highest BCUT2D eigenvalue weighted by Crippen LogP contribution is 2.38. The Balaban J connectivity index is 1.27. The van der Waals surface area contributed by atoms with E-state index in [0.717, 1.165) is 16.0 Å². The standard InChI is InChI=1S/C30H26N2O4S/c33-28(19-21-7-3-1-4-8-21)31-23-11-14-25(15-12-23)37-29(22-9-5-2-6-10-22)30(34)32-24-13-16-26-27(20-24)36-18-17-35-26/h1-16,20,29H,17-19H2,(H,31,33)(H,32,34). The first-order valence-electron chi connectivity index (χ1n) is 12.0. The number of ether oxygens (including phenoxy) is 2. The highest BCUT2D eigenvalue weighted by molar-refractivity contribution is 8.00. The van der Waals surface area contributed by atoms with Crippen molar-refractivity contribution in [2.45, 2.75) is 16.6 Å². The summed E-state index contributed by atoms with van der Waals surface area (Å²) < 4.78 is 11.2. The van der Waals surface area contributed by atoms with Gasteiger partial charge in [-0.05, 0) is 47.5 Å². The molecule has 0 radical (unpaired) electrons. The molecule has 2 N–H and O–H groups in total. The Morgan fingerprint density at radius 3 is 2.11 bits per heavy atom. The van der Waals surface area contributed by atoms with Gasteiger partial charge in [0.2, 0.25) is 11.8 Å². The van der Waals surface area contributed by atoms with Crippen LogP contribution in [0.4, 0.5) is 11.4 Å². The van der Waals surface area contributed by atoms with Crippen molar-refractivity contribution in [1.29, 1.82) is 0 Å². The van der Waals surface area contributed by atoms with Gasteiger partial charge in [0.25, 0.3) is 0 Å². The highest BCUT2D eigenvalue weighted by Gasteiger charge is 2.23. The number of benzene rings is 4. The van der Waals surface area contributed by atoms with Gasteiger partial charge < -0.3 is 20.1 Å². The third-order valence-corrected chi connectivity index (χ3v) is 7.02. The molecule has 2 amide bonds. The molecule has 4 aromatic rings. The number of rotatable bonds is 8. The fourth-order valence-electron chi connectivity index (χ4n) is 3.97. The smallest absolute Gasteiger partial charge is 0.242 e. The summed E-state index contributed by atoms with van der Waals surface area (Å²) in [5.74, 6) is 1.08. The Hall–Kier alpha value is -4.23. The van der Waals surface area contributed by atoms with E-state index in [1.807, 2.05) is 91.0 Å². The summed E-state index contributed by atoms with van der Waals surface area (Å²) in [6.45, 7) is 0.997. The lowest BCUT2D eigenvalue weighted by molar-refractivity contribution is -0.116. The topological polar surface area (TPSA) is 76.7 Å². The molecule has 0 aromatic heterocycles. The van der Waals surface area contributed by atoms with Crippen molar-refractivity contribution in [3.63, 3.8) is 0 Å². The Morgan fingerprint density at radius 1 is 0.730 bits per heavy atom. The average molecular weight is 511 g/mol. The van der Waals surface area contributed by atoms with Gasteiger partial charge in [0, 0.05) is 22.3 Å². The van der Waals surface area contributed by atoms with Gasteiger partial charge in [-0.1, -0.05) is 60.7 Å². The number of anilines is 2. The van der Waals surface area contributed by atoms with E-state index in [1.54, 1.807) is 12.1 Å². The summed E-state index contributed by atoms with van der Waals surface area (Å²) in [7, 11) is 0. The van der Waals surface area contributed by atoms with E-state index in [1.165, 1.54) is 11.8 Å². The van der Waals surface area contributed by atoms with E-state index in [9.17, 15) is 9.59 Å². The summed E-state index contributed by atoms with van der Waals surface area (Å²) in [5, 5.41) is 5.47. The molecule has 1 unspecified atom stereocenters. The van der Waals surface area contributed by atoms with Gasteiger partial charge in [0.05, 0.1) is 6.42 Å². The van der Waals surface area contributed by atoms with E-state index in [-0.39, 0.29) is 11.8 Å². The fourth-order valence-corrected chi connectivity index (χ4v) is 4.99. The van der Waals surface area contributed by atoms with Crippen molar-refractivity contribution >= 4 is 35.0 Å². The molecular weight excluding hydrogens is 484 g/mol. The van der Waals surface area contributed by atoms with Crippen LogP contribution in [0.15, 0.2) is 108 Å². The summed E-state index contributed by atoms with van der Waals surface area (Å²) in [4.78, 5) is 26.7. The molecule has 6 nitrogen and oxygen atoms in total. The van der Waals surface area contributed by atoms with Gasteiger partial charge in [-0.2, -0.15) is 0 Å². The van der Waals surface area contributed by atoms with Crippen molar-refractivity contribution in [2.75, 3.05) is 23.8 Å². The molecule has 1 aliphatic rings. The molecule has 1 atom stereocenters. The SMILES string of the molecule is O=C(Cc1ccccc1)Nc1ccc(SC(C(=O)Nc2ccc3c(c2)OCCO3)c2ccccc2)cc1. The first-order valence-corrected chi connectivity index (χ1v) is 12.9. The molecular formula is C30H26N2O4S. The van der Waals surface area contributed by atoms with Crippen LogP contribution in [-0.2, 0) is 16.0 Å². The third-order valence-electron chi connectivity index (χ3n) is 5.75. The molecule has 186 valence electrons. The molecule has 7 heteroatoms. The number of amides is 2. The maximum Gasteiger partial charge on any atom is 0.242 e. The van der Waals surface area contributed by atoms with Crippen LogP contribution < -0.4 is 20.1 Å². The van der Waals surface area contributed by atoms with Crippen LogP contribution in [0.2, 0.25) is 0 Å². The zero-order chi connectivity index (χ0) is 25.5. The number of hydrogen-bond donors (Lipinski definition) is 2. The maximum atomic E-state index is 13.4. The van der Waals surface area contributed by atoms with E-state index in [0.29, 0.717) is 42.5 Å². The van der Waals surface area contributed by atoms with Crippen molar-refractivity contribution in [2.24, 2.45) is 0 Å². The lowest BCUT2D eigenvalue weighted by Gasteiger charge is -2.20. The largest absolute Gasteiger partial charge is 0.486 e. The second kappa shape index (κ2) is 11.7. The molecule has 4 aromatic carbocycles. The van der Waals surface area contributed by atoms with Crippen molar-refractivity contribution in [3.05, 3.63) is 114 Å². The lowest BCUT2D eigenvalue weighted by atomic mass is 10.1. The van der Waals surface area contributed by atoms with E-state index < -0.39 is 5.25 Å². The zero-order valence-electron chi connectivity index (χ0n) is 20.1. The van der Waals surface area contributed by atoms with Gasteiger partial charge in [-0.15, -0.1) is 11.8 Å². The van der Waals surface area contributed by atoms with Gasteiger partial charge >= 0.3 is 0 Å². The second-order valence-electron chi connectivity index (χ2n) is 8.49. The number of carbonyl (C=O) groups excluding carboxylic acids is 2. The lowest BCUT2D eigenvalue weighted by Crippen LogP contribution is -2.20. The van der Waals surface area contributed by atoms with Gasteiger partial charge in [0.1, 0.15) is 18.5 Å². The molecule has 0 saturated heterocycles. The summed E-state index contributed by atoms with van der Waals surface area (Å²) in [6.07, 6.45) is 0.313.